The van der Waals surface area contributed by atoms with Crippen molar-refractivity contribution in [2.75, 3.05) is 0 Å². The van der Waals surface area contributed by atoms with E-state index in [1.165, 1.54) is 0 Å². The zero-order valence-electron chi connectivity index (χ0n) is 8.44. The predicted molar refractivity (Wildman–Crippen MR) is 50.1 cm³/mol. The molecule has 0 aliphatic carbocycles. The van der Waals surface area contributed by atoms with Gasteiger partial charge in [0.2, 0.25) is 0 Å². The third kappa shape index (κ3) is 4.03. The number of hydrogen-bond donors (Lipinski definition) is 1. The number of rotatable bonds is 3. The molecule has 0 aliphatic heterocycles. The minimum Gasteiger partial charge on any atom is -0.391 e. The molecular weight excluding hydrogens is 166 g/mol. The molecule has 0 amide bonds. The summed E-state index contributed by atoms with van der Waals surface area (Å²) >= 11 is 0. The van der Waals surface area contributed by atoms with Crippen molar-refractivity contribution in [2.24, 2.45) is 5.41 Å². The minimum atomic E-state index is -0.323. The van der Waals surface area contributed by atoms with E-state index in [0.717, 1.165) is 6.42 Å². The highest BCUT2D eigenvalue weighted by atomic mass is 16.3. The van der Waals surface area contributed by atoms with Gasteiger partial charge in [0.1, 0.15) is 12.7 Å². The molecule has 0 saturated heterocycles. The molecule has 1 heterocycles. The Bertz CT molecular complexity index is 238. The van der Waals surface area contributed by atoms with Crippen LogP contribution in [-0.4, -0.2) is 26.0 Å². The third-order valence-electron chi connectivity index (χ3n) is 1.74. The van der Waals surface area contributed by atoms with Gasteiger partial charge >= 0.3 is 0 Å². The molecule has 0 radical (unpaired) electrons. The fourth-order valence-electron chi connectivity index (χ4n) is 1.33. The second kappa shape index (κ2) is 3.87. The molecule has 0 saturated carbocycles. The number of aliphatic hydroxyl groups excluding tert-OH is 1. The molecule has 1 unspecified atom stereocenters. The largest absolute Gasteiger partial charge is 0.391 e. The third-order valence-corrected chi connectivity index (χ3v) is 1.74. The Morgan fingerprint density at radius 2 is 1.85 bits per heavy atom. The highest BCUT2D eigenvalue weighted by Gasteiger charge is 2.16. The summed E-state index contributed by atoms with van der Waals surface area (Å²) in [7, 11) is 0. The maximum atomic E-state index is 9.68. The van der Waals surface area contributed by atoms with Crippen LogP contribution in [0.3, 0.4) is 0 Å². The van der Waals surface area contributed by atoms with Crippen LogP contribution in [0.15, 0.2) is 12.7 Å². The van der Waals surface area contributed by atoms with E-state index < -0.39 is 0 Å². The maximum Gasteiger partial charge on any atom is 0.119 e. The first kappa shape index (κ1) is 10.2. The van der Waals surface area contributed by atoms with Gasteiger partial charge < -0.3 is 9.67 Å². The molecule has 4 heteroatoms. The van der Waals surface area contributed by atoms with Crippen molar-refractivity contribution < 1.29 is 5.11 Å². The molecule has 0 fully saturated rings. The maximum absolute atomic E-state index is 9.68. The van der Waals surface area contributed by atoms with E-state index in [4.69, 9.17) is 0 Å². The van der Waals surface area contributed by atoms with E-state index in [0.29, 0.717) is 6.54 Å². The average Bonchev–Trinajstić information content (AvgIpc) is 2.34. The van der Waals surface area contributed by atoms with Gasteiger partial charge in [-0.15, -0.1) is 10.2 Å². The van der Waals surface area contributed by atoms with Crippen LogP contribution in [0.4, 0.5) is 0 Å². The Labute approximate surface area is 78.6 Å². The molecule has 1 atom stereocenters. The number of nitrogens with zero attached hydrogens (tertiary/aromatic N) is 3. The number of aromatic nitrogens is 3. The summed E-state index contributed by atoms with van der Waals surface area (Å²) < 4.78 is 1.79. The monoisotopic (exact) mass is 183 g/mol. The SMILES string of the molecule is CC(C)(C)CC(O)Cn1cnnc1. The molecule has 1 aromatic rings. The molecule has 0 spiro atoms. The van der Waals surface area contributed by atoms with Crippen molar-refractivity contribution in [3.63, 3.8) is 0 Å². The van der Waals surface area contributed by atoms with Gasteiger partial charge in [-0.05, 0) is 11.8 Å². The average molecular weight is 183 g/mol. The first-order valence-corrected chi connectivity index (χ1v) is 4.48. The predicted octanol–water partition coefficient (Wildman–Crippen LogP) is 1.08. The Kier molecular flexibility index (Phi) is 3.03. The molecule has 13 heavy (non-hydrogen) atoms. The van der Waals surface area contributed by atoms with Crippen LogP contribution < -0.4 is 0 Å². The molecular formula is C9H17N3O. The molecule has 0 aliphatic rings. The van der Waals surface area contributed by atoms with Gasteiger partial charge in [0, 0.05) is 0 Å². The molecule has 74 valence electrons. The van der Waals surface area contributed by atoms with Crippen molar-refractivity contribution in [1.29, 1.82) is 0 Å². The van der Waals surface area contributed by atoms with Crippen LogP contribution in [-0.2, 0) is 6.54 Å². The highest BCUT2D eigenvalue weighted by Crippen LogP contribution is 2.21. The van der Waals surface area contributed by atoms with E-state index in [1.54, 1.807) is 17.2 Å². The summed E-state index contributed by atoms with van der Waals surface area (Å²) in [6.45, 7) is 6.91. The number of aliphatic hydroxyl groups is 1. The summed E-state index contributed by atoms with van der Waals surface area (Å²) in [5, 5.41) is 17.0. The fraction of sp³-hybridized carbons (Fsp3) is 0.778. The van der Waals surface area contributed by atoms with Crippen molar-refractivity contribution in [2.45, 2.75) is 39.8 Å². The standard InChI is InChI=1S/C9H17N3O/c1-9(2,3)4-8(13)5-12-6-10-11-7-12/h6-8,13H,4-5H2,1-3H3. The van der Waals surface area contributed by atoms with E-state index in [2.05, 4.69) is 31.0 Å². The molecule has 0 bridgehead atoms. The molecule has 1 rings (SSSR count). The summed E-state index contributed by atoms with van der Waals surface area (Å²) in [4.78, 5) is 0. The zero-order chi connectivity index (χ0) is 9.90. The second-order valence-electron chi connectivity index (χ2n) is 4.58. The van der Waals surface area contributed by atoms with Gasteiger partial charge in [-0.2, -0.15) is 0 Å². The summed E-state index contributed by atoms with van der Waals surface area (Å²) in [5.41, 5.74) is 0.160. The smallest absolute Gasteiger partial charge is 0.119 e. The van der Waals surface area contributed by atoms with Crippen LogP contribution in [0, 0.1) is 5.41 Å². The van der Waals surface area contributed by atoms with Crippen LogP contribution in [0.5, 0.6) is 0 Å². The topological polar surface area (TPSA) is 50.9 Å². The van der Waals surface area contributed by atoms with E-state index in [-0.39, 0.29) is 11.5 Å². The molecule has 1 aromatic heterocycles. The van der Waals surface area contributed by atoms with Crippen molar-refractivity contribution in [1.82, 2.24) is 14.8 Å². The van der Waals surface area contributed by atoms with Crippen LogP contribution in [0.2, 0.25) is 0 Å². The first-order chi connectivity index (χ1) is 5.97. The van der Waals surface area contributed by atoms with E-state index in [9.17, 15) is 5.11 Å². The van der Waals surface area contributed by atoms with Gasteiger partial charge in [-0.25, -0.2) is 0 Å². The lowest BCUT2D eigenvalue weighted by atomic mass is 9.89. The summed E-state index contributed by atoms with van der Waals surface area (Å²) in [5.74, 6) is 0. The minimum absolute atomic E-state index is 0.160. The van der Waals surface area contributed by atoms with Crippen molar-refractivity contribution in [3.05, 3.63) is 12.7 Å². The van der Waals surface area contributed by atoms with Crippen LogP contribution in [0.25, 0.3) is 0 Å². The lowest BCUT2D eigenvalue weighted by molar-refractivity contribution is 0.104. The van der Waals surface area contributed by atoms with E-state index >= 15 is 0 Å². The normalized spacial score (nSPS) is 14.5. The Morgan fingerprint density at radius 3 is 2.31 bits per heavy atom. The first-order valence-electron chi connectivity index (χ1n) is 4.48. The lowest BCUT2D eigenvalue weighted by Gasteiger charge is -2.22. The highest BCUT2D eigenvalue weighted by molar-refractivity contribution is 4.70. The van der Waals surface area contributed by atoms with Gasteiger partial charge in [0.25, 0.3) is 0 Å². The van der Waals surface area contributed by atoms with Gasteiger partial charge in [-0.1, -0.05) is 20.8 Å². The number of hydrogen-bond acceptors (Lipinski definition) is 3. The summed E-state index contributed by atoms with van der Waals surface area (Å²) in [6.07, 6.45) is 3.69. The zero-order valence-corrected chi connectivity index (χ0v) is 8.44. The van der Waals surface area contributed by atoms with E-state index in [1.807, 2.05) is 0 Å². The molecule has 1 N–H and O–H groups in total. The quantitative estimate of drug-likeness (QED) is 0.762. The Hall–Kier alpha value is -0.900. The van der Waals surface area contributed by atoms with Crippen LogP contribution >= 0.6 is 0 Å². The van der Waals surface area contributed by atoms with Crippen LogP contribution in [0.1, 0.15) is 27.2 Å². The van der Waals surface area contributed by atoms with Gasteiger partial charge in [0.15, 0.2) is 0 Å². The molecule has 4 nitrogen and oxygen atoms in total. The Morgan fingerprint density at radius 1 is 1.31 bits per heavy atom. The second-order valence-corrected chi connectivity index (χ2v) is 4.58. The lowest BCUT2D eigenvalue weighted by Crippen LogP contribution is -2.22. The molecule has 0 aromatic carbocycles. The fourth-order valence-corrected chi connectivity index (χ4v) is 1.33. The summed E-state index contributed by atoms with van der Waals surface area (Å²) in [6, 6.07) is 0. The Balaban J connectivity index is 2.38. The van der Waals surface area contributed by atoms with Gasteiger partial charge in [0.05, 0.1) is 12.6 Å². The van der Waals surface area contributed by atoms with Crippen molar-refractivity contribution >= 4 is 0 Å². The van der Waals surface area contributed by atoms with Crippen molar-refractivity contribution in [3.8, 4) is 0 Å². The van der Waals surface area contributed by atoms with Gasteiger partial charge in [-0.3, -0.25) is 0 Å².